The number of nitrogens with zero attached hydrogens (tertiary/aromatic N) is 1. The summed E-state index contributed by atoms with van der Waals surface area (Å²) in [4.78, 5) is 11.8. The third kappa shape index (κ3) is 4.60. The fraction of sp³-hybridized carbons (Fsp3) is 0.500. The molecule has 2 amide bonds. The highest BCUT2D eigenvalue weighted by molar-refractivity contribution is 5.74. The number of nitrogens with one attached hydrogen (secondary N) is 2. The van der Waals surface area contributed by atoms with E-state index in [1.807, 2.05) is 0 Å². The first-order valence-corrected chi connectivity index (χ1v) is 7.61. The van der Waals surface area contributed by atoms with Gasteiger partial charge in [-0.2, -0.15) is 18.4 Å². The molecule has 1 aliphatic carbocycles. The quantitative estimate of drug-likeness (QED) is 0.824. The van der Waals surface area contributed by atoms with E-state index in [1.165, 1.54) is 12.1 Å². The SMILES string of the molecule is N#Cc1ccc(CNC(=O)N[C@@H]2CCCC[C@@H]2C(F)(F)F)c(F)c1. The van der Waals surface area contributed by atoms with Crippen molar-refractivity contribution in [3.8, 4) is 6.07 Å². The average molecular weight is 343 g/mol. The van der Waals surface area contributed by atoms with Crippen LogP contribution in [0.15, 0.2) is 18.2 Å². The van der Waals surface area contributed by atoms with Gasteiger partial charge in [-0.3, -0.25) is 0 Å². The van der Waals surface area contributed by atoms with E-state index in [1.54, 1.807) is 6.07 Å². The molecule has 1 aromatic carbocycles. The van der Waals surface area contributed by atoms with Gasteiger partial charge in [0.15, 0.2) is 0 Å². The molecule has 24 heavy (non-hydrogen) atoms. The maximum absolute atomic E-state index is 13.7. The van der Waals surface area contributed by atoms with Gasteiger partial charge in [0.25, 0.3) is 0 Å². The molecule has 2 atom stereocenters. The van der Waals surface area contributed by atoms with Crippen molar-refractivity contribution in [1.29, 1.82) is 5.26 Å². The number of halogens is 4. The number of benzene rings is 1. The summed E-state index contributed by atoms with van der Waals surface area (Å²) in [5, 5.41) is 13.4. The highest BCUT2D eigenvalue weighted by Gasteiger charge is 2.45. The van der Waals surface area contributed by atoms with E-state index in [2.05, 4.69) is 10.6 Å². The number of rotatable bonds is 3. The number of urea groups is 1. The molecule has 1 fully saturated rings. The standard InChI is InChI=1S/C16H17F4N3O/c17-13-7-10(8-21)5-6-11(13)9-22-15(24)23-14-4-2-1-3-12(14)16(18,19)20/h5-7,12,14H,1-4,9H2,(H2,22,23,24)/t12-,14+/m0/s1. The van der Waals surface area contributed by atoms with Crippen molar-refractivity contribution in [3.05, 3.63) is 35.1 Å². The van der Waals surface area contributed by atoms with Gasteiger partial charge in [0.2, 0.25) is 0 Å². The fourth-order valence-electron chi connectivity index (χ4n) is 2.85. The third-order valence-electron chi connectivity index (χ3n) is 4.12. The van der Waals surface area contributed by atoms with Crippen LogP contribution in [0.25, 0.3) is 0 Å². The lowest BCUT2D eigenvalue weighted by Gasteiger charge is -2.33. The zero-order valence-corrected chi connectivity index (χ0v) is 12.8. The van der Waals surface area contributed by atoms with Gasteiger partial charge in [0.1, 0.15) is 5.82 Å². The highest BCUT2D eigenvalue weighted by Crippen LogP contribution is 2.37. The molecule has 0 aromatic heterocycles. The monoisotopic (exact) mass is 343 g/mol. The van der Waals surface area contributed by atoms with Crippen LogP contribution in [-0.2, 0) is 6.54 Å². The van der Waals surface area contributed by atoms with Crippen LogP contribution < -0.4 is 10.6 Å². The number of hydrogen-bond donors (Lipinski definition) is 2. The largest absolute Gasteiger partial charge is 0.393 e. The van der Waals surface area contributed by atoms with Crippen LogP contribution in [0, 0.1) is 23.1 Å². The zero-order valence-electron chi connectivity index (χ0n) is 12.8. The van der Waals surface area contributed by atoms with Gasteiger partial charge < -0.3 is 10.6 Å². The predicted octanol–water partition coefficient (Wildman–Crippen LogP) is 3.62. The Kier molecular flexibility index (Phi) is 5.65. The summed E-state index contributed by atoms with van der Waals surface area (Å²) in [6.45, 7) is -0.174. The molecule has 4 nitrogen and oxygen atoms in total. The Labute approximate surface area is 136 Å². The van der Waals surface area contributed by atoms with Crippen molar-refractivity contribution in [2.24, 2.45) is 5.92 Å². The molecule has 0 unspecified atom stereocenters. The minimum atomic E-state index is -4.35. The Morgan fingerprint density at radius 3 is 2.62 bits per heavy atom. The van der Waals surface area contributed by atoms with E-state index < -0.39 is 30.0 Å². The first-order chi connectivity index (χ1) is 11.3. The second kappa shape index (κ2) is 7.51. The topological polar surface area (TPSA) is 64.9 Å². The summed E-state index contributed by atoms with van der Waals surface area (Å²) in [5.74, 6) is -2.20. The number of alkyl halides is 3. The molecule has 8 heteroatoms. The lowest BCUT2D eigenvalue weighted by atomic mass is 9.84. The highest BCUT2D eigenvalue weighted by atomic mass is 19.4. The minimum Gasteiger partial charge on any atom is -0.335 e. The van der Waals surface area contributed by atoms with Crippen LogP contribution in [0.3, 0.4) is 0 Å². The molecular formula is C16H17F4N3O. The molecule has 0 radical (unpaired) electrons. The molecule has 0 saturated heterocycles. The summed E-state index contributed by atoms with van der Waals surface area (Å²) in [5.41, 5.74) is 0.302. The smallest absolute Gasteiger partial charge is 0.335 e. The van der Waals surface area contributed by atoms with Crippen LogP contribution >= 0.6 is 0 Å². The van der Waals surface area contributed by atoms with Crippen molar-refractivity contribution in [1.82, 2.24) is 10.6 Å². The molecule has 0 aliphatic heterocycles. The Bertz CT molecular complexity index is 639. The molecule has 2 rings (SSSR count). The molecular weight excluding hydrogens is 326 g/mol. The molecule has 130 valence electrons. The van der Waals surface area contributed by atoms with Crippen LogP contribution in [0.1, 0.15) is 36.8 Å². The summed E-state index contributed by atoms with van der Waals surface area (Å²) in [6, 6.07) is 3.85. The Hall–Kier alpha value is -2.30. The summed E-state index contributed by atoms with van der Waals surface area (Å²) >= 11 is 0. The maximum atomic E-state index is 13.7. The summed E-state index contributed by atoms with van der Waals surface area (Å²) in [7, 11) is 0. The molecule has 1 aromatic rings. The molecule has 2 N–H and O–H groups in total. The number of nitriles is 1. The van der Waals surface area contributed by atoms with Gasteiger partial charge in [-0.25, -0.2) is 9.18 Å². The van der Waals surface area contributed by atoms with E-state index in [0.29, 0.717) is 12.8 Å². The van der Waals surface area contributed by atoms with E-state index in [0.717, 1.165) is 6.07 Å². The van der Waals surface area contributed by atoms with Crippen LogP contribution in [0.2, 0.25) is 0 Å². The van der Waals surface area contributed by atoms with E-state index in [9.17, 15) is 22.4 Å². The van der Waals surface area contributed by atoms with Gasteiger partial charge in [0, 0.05) is 18.2 Å². The van der Waals surface area contributed by atoms with Gasteiger partial charge >= 0.3 is 12.2 Å². The van der Waals surface area contributed by atoms with Crippen molar-refractivity contribution >= 4 is 6.03 Å². The second-order valence-electron chi connectivity index (χ2n) is 5.78. The number of amides is 2. The lowest BCUT2D eigenvalue weighted by molar-refractivity contribution is -0.187. The maximum Gasteiger partial charge on any atom is 0.393 e. The lowest BCUT2D eigenvalue weighted by Crippen LogP contribution is -2.50. The Balaban J connectivity index is 1.92. The third-order valence-corrected chi connectivity index (χ3v) is 4.12. The first kappa shape index (κ1) is 18.0. The van der Waals surface area contributed by atoms with Crippen molar-refractivity contribution in [2.75, 3.05) is 0 Å². The van der Waals surface area contributed by atoms with E-state index in [4.69, 9.17) is 5.26 Å². The van der Waals surface area contributed by atoms with Gasteiger partial charge in [0.05, 0.1) is 17.6 Å². The zero-order chi connectivity index (χ0) is 17.7. The van der Waals surface area contributed by atoms with Gasteiger partial charge in [-0.05, 0) is 25.0 Å². The van der Waals surface area contributed by atoms with Gasteiger partial charge in [-0.1, -0.05) is 18.9 Å². The van der Waals surface area contributed by atoms with E-state index >= 15 is 0 Å². The second-order valence-corrected chi connectivity index (χ2v) is 5.78. The molecule has 0 spiro atoms. The summed E-state index contributed by atoms with van der Waals surface area (Å²) in [6.07, 6.45) is -2.97. The minimum absolute atomic E-state index is 0.00129. The van der Waals surface area contributed by atoms with E-state index in [-0.39, 0.29) is 30.5 Å². The molecule has 1 aliphatic rings. The molecule has 1 saturated carbocycles. The predicted molar refractivity (Wildman–Crippen MR) is 78.3 cm³/mol. The molecule has 0 bridgehead atoms. The first-order valence-electron chi connectivity index (χ1n) is 7.61. The Morgan fingerprint density at radius 2 is 2.00 bits per heavy atom. The Morgan fingerprint density at radius 1 is 1.29 bits per heavy atom. The fourth-order valence-corrected chi connectivity index (χ4v) is 2.85. The molecule has 0 heterocycles. The normalized spacial score (nSPS) is 21.0. The van der Waals surface area contributed by atoms with Crippen LogP contribution in [-0.4, -0.2) is 18.2 Å². The number of carbonyl (C=O) groups excluding carboxylic acids is 1. The van der Waals surface area contributed by atoms with Gasteiger partial charge in [-0.15, -0.1) is 0 Å². The van der Waals surface area contributed by atoms with Crippen molar-refractivity contribution in [2.45, 2.75) is 44.4 Å². The number of hydrogen-bond acceptors (Lipinski definition) is 2. The van der Waals surface area contributed by atoms with Crippen LogP contribution in [0.4, 0.5) is 22.4 Å². The van der Waals surface area contributed by atoms with Crippen LogP contribution in [0.5, 0.6) is 0 Å². The van der Waals surface area contributed by atoms with Crippen molar-refractivity contribution in [3.63, 3.8) is 0 Å². The average Bonchev–Trinajstić information content (AvgIpc) is 2.53. The number of carbonyl (C=O) groups is 1. The van der Waals surface area contributed by atoms with Crippen molar-refractivity contribution < 1.29 is 22.4 Å². The summed E-state index contributed by atoms with van der Waals surface area (Å²) < 4.78 is 52.6.